The fourth-order valence-corrected chi connectivity index (χ4v) is 2.08. The first-order chi connectivity index (χ1) is 6.79. The van der Waals surface area contributed by atoms with Crippen LogP contribution in [0.1, 0.15) is 32.1 Å². The van der Waals surface area contributed by atoms with E-state index in [4.69, 9.17) is 0 Å². The first kappa shape index (κ1) is 11.7. The van der Waals surface area contributed by atoms with Gasteiger partial charge in [0.1, 0.15) is 0 Å². The molecule has 1 heterocycles. The summed E-state index contributed by atoms with van der Waals surface area (Å²) in [6, 6.07) is 0. The van der Waals surface area contributed by atoms with Crippen molar-refractivity contribution >= 4 is 16.6 Å². The molecule has 0 aromatic heterocycles. The Bertz CT molecular complexity index is 216. The molecule has 0 aliphatic carbocycles. The van der Waals surface area contributed by atoms with E-state index < -0.39 is 10.8 Å². The Balaban J connectivity index is 2.10. The number of nitrogens with one attached hydrogen (secondary N) is 1. The Kier molecular flexibility index (Phi) is 5.83. The summed E-state index contributed by atoms with van der Waals surface area (Å²) in [5.41, 5.74) is 0. The third-order valence-corrected chi connectivity index (χ3v) is 3.18. The zero-order valence-electron chi connectivity index (χ0n) is 8.92. The van der Waals surface area contributed by atoms with Crippen LogP contribution in [0.25, 0.3) is 0 Å². The van der Waals surface area contributed by atoms with Crippen LogP contribution in [0, 0.1) is 0 Å². The van der Waals surface area contributed by atoms with E-state index in [0.717, 1.165) is 37.5 Å². The van der Waals surface area contributed by atoms with Crippen molar-refractivity contribution in [3.63, 3.8) is 0 Å². The minimum absolute atomic E-state index is 0.655. The topological polar surface area (TPSA) is 41.5 Å². The van der Waals surface area contributed by atoms with Gasteiger partial charge in [-0.25, -0.2) is 0 Å². The molecule has 0 aromatic rings. The van der Waals surface area contributed by atoms with Crippen LogP contribution < -0.4 is 5.32 Å². The smallest absolute Gasteiger partial charge is 0.0963 e. The lowest BCUT2D eigenvalue weighted by Crippen LogP contribution is -2.25. The largest absolute Gasteiger partial charge is 0.374 e. The fraction of sp³-hybridized carbons (Fsp3) is 0.900. The maximum Gasteiger partial charge on any atom is 0.0963 e. The summed E-state index contributed by atoms with van der Waals surface area (Å²) in [4.78, 5) is 4.47. The third kappa shape index (κ3) is 5.37. The standard InChI is InChI=1S/C10H20N2OS/c1-14(13)9-5-8-12-10-6-3-2-4-7-11-10/h2-9H2,1H3,(H,11,12). The van der Waals surface area contributed by atoms with E-state index in [0.29, 0.717) is 0 Å². The number of amidine groups is 1. The summed E-state index contributed by atoms with van der Waals surface area (Å²) in [6.45, 7) is 1.89. The fourth-order valence-electron chi connectivity index (χ4n) is 1.53. The van der Waals surface area contributed by atoms with Crippen molar-refractivity contribution in [2.24, 2.45) is 4.99 Å². The predicted octanol–water partition coefficient (Wildman–Crippen LogP) is 1.32. The summed E-state index contributed by atoms with van der Waals surface area (Å²) in [6.07, 6.45) is 7.60. The number of nitrogens with zero attached hydrogens (tertiary/aromatic N) is 1. The number of aliphatic imine (C=N–C) groups is 1. The van der Waals surface area contributed by atoms with Gasteiger partial charge in [-0.1, -0.05) is 6.42 Å². The highest BCUT2D eigenvalue weighted by molar-refractivity contribution is 7.84. The molecule has 1 rings (SSSR count). The van der Waals surface area contributed by atoms with E-state index in [9.17, 15) is 4.21 Å². The molecule has 1 aliphatic rings. The van der Waals surface area contributed by atoms with Crippen molar-refractivity contribution in [2.75, 3.05) is 25.1 Å². The van der Waals surface area contributed by atoms with Crippen LogP contribution in [0.15, 0.2) is 4.99 Å². The molecular weight excluding hydrogens is 196 g/mol. The molecule has 14 heavy (non-hydrogen) atoms. The predicted molar refractivity (Wildman–Crippen MR) is 62.3 cm³/mol. The molecular formula is C10H20N2OS. The average molecular weight is 216 g/mol. The third-order valence-electron chi connectivity index (χ3n) is 2.31. The summed E-state index contributed by atoms with van der Waals surface area (Å²) in [5.74, 6) is 1.95. The summed E-state index contributed by atoms with van der Waals surface area (Å²) in [5, 5.41) is 3.33. The highest BCUT2D eigenvalue weighted by Gasteiger charge is 2.02. The van der Waals surface area contributed by atoms with Gasteiger partial charge in [0.25, 0.3) is 0 Å². The Morgan fingerprint density at radius 1 is 1.43 bits per heavy atom. The lowest BCUT2D eigenvalue weighted by atomic mass is 10.2. The van der Waals surface area contributed by atoms with Gasteiger partial charge in [0, 0.05) is 42.3 Å². The molecule has 1 unspecified atom stereocenters. The van der Waals surface area contributed by atoms with Gasteiger partial charge in [-0.05, 0) is 19.3 Å². The van der Waals surface area contributed by atoms with Gasteiger partial charge >= 0.3 is 0 Å². The summed E-state index contributed by atoms with van der Waals surface area (Å²) >= 11 is 0. The van der Waals surface area contributed by atoms with E-state index in [1.165, 1.54) is 19.3 Å². The van der Waals surface area contributed by atoms with Crippen molar-refractivity contribution in [1.29, 1.82) is 0 Å². The van der Waals surface area contributed by atoms with Crippen LogP contribution in [0.2, 0.25) is 0 Å². The Hall–Kier alpha value is -0.380. The zero-order valence-corrected chi connectivity index (χ0v) is 9.74. The molecule has 0 fully saturated rings. The van der Waals surface area contributed by atoms with Crippen molar-refractivity contribution in [3.8, 4) is 0 Å². The molecule has 0 aromatic carbocycles. The number of hydrogen-bond donors (Lipinski definition) is 1. The molecule has 1 aliphatic heterocycles. The van der Waals surface area contributed by atoms with Crippen LogP contribution in [0.3, 0.4) is 0 Å². The summed E-state index contributed by atoms with van der Waals surface area (Å²) in [7, 11) is -0.655. The molecule has 82 valence electrons. The molecule has 0 radical (unpaired) electrons. The minimum atomic E-state index is -0.655. The normalized spacial score (nSPS) is 19.6. The van der Waals surface area contributed by atoms with Crippen LogP contribution in [-0.2, 0) is 10.8 Å². The van der Waals surface area contributed by atoms with E-state index in [2.05, 4.69) is 10.3 Å². The Morgan fingerprint density at radius 2 is 2.29 bits per heavy atom. The van der Waals surface area contributed by atoms with Crippen molar-refractivity contribution in [1.82, 2.24) is 5.32 Å². The molecule has 3 nitrogen and oxygen atoms in total. The highest BCUT2D eigenvalue weighted by atomic mass is 32.2. The molecule has 1 atom stereocenters. The molecule has 0 spiro atoms. The molecule has 0 saturated heterocycles. The quantitative estimate of drug-likeness (QED) is 0.720. The Morgan fingerprint density at radius 3 is 3.07 bits per heavy atom. The van der Waals surface area contributed by atoms with Gasteiger partial charge in [0.2, 0.25) is 0 Å². The van der Waals surface area contributed by atoms with Crippen molar-refractivity contribution < 1.29 is 4.21 Å². The van der Waals surface area contributed by atoms with Crippen LogP contribution in [0.5, 0.6) is 0 Å². The highest BCUT2D eigenvalue weighted by Crippen LogP contribution is 2.05. The van der Waals surface area contributed by atoms with Crippen molar-refractivity contribution in [2.45, 2.75) is 32.1 Å². The van der Waals surface area contributed by atoms with Gasteiger partial charge in [-0.3, -0.25) is 9.20 Å². The molecule has 0 amide bonds. The second-order valence-electron chi connectivity index (χ2n) is 3.70. The van der Waals surface area contributed by atoms with E-state index in [1.807, 2.05) is 0 Å². The second kappa shape index (κ2) is 6.98. The molecule has 0 saturated carbocycles. The monoisotopic (exact) mass is 216 g/mol. The lowest BCUT2D eigenvalue weighted by molar-refractivity contribution is 0.682. The van der Waals surface area contributed by atoms with Crippen molar-refractivity contribution in [3.05, 3.63) is 0 Å². The van der Waals surface area contributed by atoms with Gasteiger partial charge in [-0.15, -0.1) is 0 Å². The van der Waals surface area contributed by atoms with Gasteiger partial charge in [0.15, 0.2) is 0 Å². The van der Waals surface area contributed by atoms with Crippen LogP contribution in [0.4, 0.5) is 0 Å². The van der Waals surface area contributed by atoms with Crippen LogP contribution in [-0.4, -0.2) is 35.1 Å². The minimum Gasteiger partial charge on any atom is -0.374 e. The van der Waals surface area contributed by atoms with E-state index >= 15 is 0 Å². The zero-order chi connectivity index (χ0) is 10.2. The second-order valence-corrected chi connectivity index (χ2v) is 5.25. The number of rotatable bonds is 4. The summed E-state index contributed by atoms with van der Waals surface area (Å²) < 4.78 is 10.8. The van der Waals surface area contributed by atoms with E-state index in [-0.39, 0.29) is 0 Å². The van der Waals surface area contributed by atoms with Gasteiger partial charge in [-0.2, -0.15) is 0 Å². The first-order valence-electron chi connectivity index (χ1n) is 5.36. The lowest BCUT2D eigenvalue weighted by Gasteiger charge is -2.07. The first-order valence-corrected chi connectivity index (χ1v) is 7.09. The van der Waals surface area contributed by atoms with Gasteiger partial charge in [0.05, 0.1) is 5.84 Å². The molecule has 1 N–H and O–H groups in total. The maximum atomic E-state index is 10.8. The van der Waals surface area contributed by atoms with Crippen LogP contribution >= 0.6 is 0 Å². The molecule has 4 heteroatoms. The average Bonchev–Trinajstić information content (AvgIpc) is 2.40. The van der Waals surface area contributed by atoms with E-state index in [1.54, 1.807) is 6.26 Å². The maximum absolute atomic E-state index is 10.8. The Labute approximate surface area is 88.8 Å². The molecule has 0 bridgehead atoms. The number of hydrogen-bond acceptors (Lipinski definition) is 3. The van der Waals surface area contributed by atoms with Gasteiger partial charge < -0.3 is 5.32 Å². The SMILES string of the molecule is CS(=O)CCCNC1=NCCCCC1.